The van der Waals surface area contributed by atoms with Crippen molar-refractivity contribution in [1.29, 1.82) is 0 Å². The number of halogens is 1. The molecular weight excluding hydrogens is 322 g/mol. The molecule has 0 radical (unpaired) electrons. The molecule has 1 aromatic carbocycles. The predicted octanol–water partition coefficient (Wildman–Crippen LogP) is 3.19. The maximum atomic E-state index is 6.26. The van der Waals surface area contributed by atoms with Crippen LogP contribution >= 0.6 is 11.6 Å². The molecule has 3 rings (SSSR count). The van der Waals surface area contributed by atoms with Crippen molar-refractivity contribution in [2.24, 2.45) is 0 Å². The monoisotopic (exact) mass is 343 g/mol. The van der Waals surface area contributed by atoms with E-state index in [0.717, 1.165) is 35.9 Å². The van der Waals surface area contributed by atoms with Gasteiger partial charge in [-0.2, -0.15) is 5.10 Å². The molecule has 0 fully saturated rings. The van der Waals surface area contributed by atoms with Crippen LogP contribution in [0.2, 0.25) is 5.02 Å². The lowest BCUT2D eigenvalue weighted by atomic mass is 10.2. The first kappa shape index (κ1) is 16.7. The van der Waals surface area contributed by atoms with Crippen molar-refractivity contribution in [1.82, 2.24) is 24.6 Å². The fourth-order valence-corrected chi connectivity index (χ4v) is 2.97. The second-order valence-electron chi connectivity index (χ2n) is 5.88. The Bertz CT molecular complexity index is 792. The van der Waals surface area contributed by atoms with Gasteiger partial charge in [0.25, 0.3) is 0 Å². The summed E-state index contributed by atoms with van der Waals surface area (Å²) in [5, 5.41) is 8.94. The van der Waals surface area contributed by atoms with Crippen LogP contribution in [0.1, 0.15) is 22.5 Å². The van der Waals surface area contributed by atoms with E-state index < -0.39 is 0 Å². The van der Waals surface area contributed by atoms with Crippen LogP contribution in [-0.4, -0.2) is 25.9 Å². The molecule has 0 saturated heterocycles. The van der Waals surface area contributed by atoms with Gasteiger partial charge in [-0.05, 0) is 25.5 Å². The highest BCUT2D eigenvalue weighted by Gasteiger charge is 2.12. The Morgan fingerprint density at radius 1 is 1.21 bits per heavy atom. The summed E-state index contributed by atoms with van der Waals surface area (Å²) in [5.74, 6) is 0. The molecule has 6 heteroatoms. The number of hydrogen-bond donors (Lipinski definition) is 1. The van der Waals surface area contributed by atoms with Crippen LogP contribution in [0.15, 0.2) is 43.0 Å². The Kier molecular flexibility index (Phi) is 5.33. The molecule has 0 unspecified atom stereocenters. The molecule has 0 bridgehead atoms. The largest absolute Gasteiger partial charge is 0.336 e. The Morgan fingerprint density at radius 3 is 2.79 bits per heavy atom. The molecule has 0 spiro atoms. The van der Waals surface area contributed by atoms with E-state index in [0.29, 0.717) is 6.54 Å². The van der Waals surface area contributed by atoms with Crippen LogP contribution in [0.5, 0.6) is 0 Å². The van der Waals surface area contributed by atoms with Gasteiger partial charge in [0.15, 0.2) is 0 Å². The van der Waals surface area contributed by atoms with Gasteiger partial charge in [-0.25, -0.2) is 4.98 Å². The average molecular weight is 344 g/mol. The van der Waals surface area contributed by atoms with E-state index in [2.05, 4.69) is 33.8 Å². The number of nitrogens with zero attached hydrogens (tertiary/aromatic N) is 4. The van der Waals surface area contributed by atoms with Crippen LogP contribution in [0.4, 0.5) is 0 Å². The molecule has 5 nitrogen and oxygen atoms in total. The third-order valence-corrected chi connectivity index (χ3v) is 4.59. The summed E-state index contributed by atoms with van der Waals surface area (Å²) >= 11 is 6.26. The third kappa shape index (κ3) is 3.86. The molecular formula is C18H22ClN5. The minimum absolute atomic E-state index is 0.696. The fraction of sp³-hybridized carbons (Fsp3) is 0.333. The van der Waals surface area contributed by atoms with Crippen LogP contribution in [0, 0.1) is 13.8 Å². The maximum absolute atomic E-state index is 6.26. The summed E-state index contributed by atoms with van der Waals surface area (Å²) in [4.78, 5) is 4.05. The Balaban J connectivity index is 1.62. The highest BCUT2D eigenvalue weighted by molar-refractivity contribution is 6.31. The van der Waals surface area contributed by atoms with Crippen molar-refractivity contribution in [2.45, 2.75) is 33.5 Å². The van der Waals surface area contributed by atoms with E-state index in [1.165, 1.54) is 11.3 Å². The van der Waals surface area contributed by atoms with E-state index >= 15 is 0 Å². The summed E-state index contributed by atoms with van der Waals surface area (Å²) in [6.07, 6.45) is 5.60. The quantitative estimate of drug-likeness (QED) is 0.670. The Morgan fingerprint density at radius 2 is 2.04 bits per heavy atom. The fourth-order valence-electron chi connectivity index (χ4n) is 2.77. The SMILES string of the molecule is Cc1nn(Cc2ccccc2Cl)c(C)c1CNCCn1ccnc1. The van der Waals surface area contributed by atoms with Gasteiger partial charge in [0.05, 0.1) is 18.6 Å². The summed E-state index contributed by atoms with van der Waals surface area (Å²) in [6, 6.07) is 7.91. The number of rotatable bonds is 7. The number of benzene rings is 1. The molecule has 0 amide bonds. The third-order valence-electron chi connectivity index (χ3n) is 4.22. The lowest BCUT2D eigenvalue weighted by Crippen LogP contribution is -2.19. The molecule has 126 valence electrons. The van der Waals surface area contributed by atoms with Gasteiger partial charge < -0.3 is 9.88 Å². The van der Waals surface area contributed by atoms with Crippen molar-refractivity contribution >= 4 is 11.6 Å². The molecule has 3 aromatic rings. The lowest BCUT2D eigenvalue weighted by Gasteiger charge is -2.08. The van der Waals surface area contributed by atoms with Gasteiger partial charge in [-0.15, -0.1) is 0 Å². The van der Waals surface area contributed by atoms with Crippen molar-refractivity contribution in [3.05, 3.63) is 70.5 Å². The van der Waals surface area contributed by atoms with Crippen molar-refractivity contribution in [3.8, 4) is 0 Å². The lowest BCUT2D eigenvalue weighted by molar-refractivity contribution is 0.594. The number of hydrogen-bond acceptors (Lipinski definition) is 3. The van der Waals surface area contributed by atoms with Gasteiger partial charge in [0.1, 0.15) is 0 Å². The summed E-state index contributed by atoms with van der Waals surface area (Å²) in [6.45, 7) is 7.49. The molecule has 0 aliphatic rings. The summed E-state index contributed by atoms with van der Waals surface area (Å²) in [5.41, 5.74) is 4.59. The second-order valence-corrected chi connectivity index (χ2v) is 6.28. The van der Waals surface area contributed by atoms with Crippen LogP contribution < -0.4 is 5.32 Å². The van der Waals surface area contributed by atoms with Gasteiger partial charge >= 0.3 is 0 Å². The van der Waals surface area contributed by atoms with Crippen LogP contribution in [-0.2, 0) is 19.6 Å². The average Bonchev–Trinajstić information content (AvgIpc) is 3.17. The van der Waals surface area contributed by atoms with Gasteiger partial charge in [-0.3, -0.25) is 4.68 Å². The topological polar surface area (TPSA) is 47.7 Å². The number of aromatic nitrogens is 4. The highest BCUT2D eigenvalue weighted by Crippen LogP contribution is 2.19. The van der Waals surface area contributed by atoms with E-state index in [4.69, 9.17) is 11.6 Å². The predicted molar refractivity (Wildman–Crippen MR) is 96.2 cm³/mol. The zero-order valence-corrected chi connectivity index (χ0v) is 14.8. The molecule has 2 heterocycles. The van der Waals surface area contributed by atoms with E-state index in [1.807, 2.05) is 41.5 Å². The standard InChI is InChI=1S/C18H22ClN5/c1-14-17(11-20-7-9-23-10-8-21-13-23)15(2)24(22-14)12-16-5-3-4-6-18(16)19/h3-6,8,10,13,20H,7,9,11-12H2,1-2H3. The molecule has 0 aliphatic carbocycles. The number of aryl methyl sites for hydroxylation is 1. The first-order valence-electron chi connectivity index (χ1n) is 8.08. The van der Waals surface area contributed by atoms with Gasteiger partial charge in [0.2, 0.25) is 0 Å². The smallest absolute Gasteiger partial charge is 0.0946 e. The normalized spacial score (nSPS) is 11.1. The summed E-state index contributed by atoms with van der Waals surface area (Å²) in [7, 11) is 0. The molecule has 2 aromatic heterocycles. The number of nitrogens with one attached hydrogen (secondary N) is 1. The minimum Gasteiger partial charge on any atom is -0.336 e. The highest BCUT2D eigenvalue weighted by atomic mass is 35.5. The zero-order chi connectivity index (χ0) is 16.9. The van der Waals surface area contributed by atoms with Gasteiger partial charge in [0, 0.05) is 48.3 Å². The molecule has 0 atom stereocenters. The minimum atomic E-state index is 0.696. The zero-order valence-electron chi connectivity index (χ0n) is 14.0. The van der Waals surface area contributed by atoms with Crippen molar-refractivity contribution in [3.63, 3.8) is 0 Å². The first-order chi connectivity index (χ1) is 11.6. The van der Waals surface area contributed by atoms with E-state index in [-0.39, 0.29) is 0 Å². The maximum Gasteiger partial charge on any atom is 0.0946 e. The van der Waals surface area contributed by atoms with E-state index in [1.54, 1.807) is 6.20 Å². The number of imidazole rings is 1. The molecule has 0 aliphatic heterocycles. The molecule has 24 heavy (non-hydrogen) atoms. The Labute approximate surface area is 147 Å². The first-order valence-corrected chi connectivity index (χ1v) is 8.45. The van der Waals surface area contributed by atoms with E-state index in [9.17, 15) is 0 Å². The Hall–Kier alpha value is -2.11. The van der Waals surface area contributed by atoms with Crippen LogP contribution in [0.25, 0.3) is 0 Å². The van der Waals surface area contributed by atoms with Gasteiger partial charge in [-0.1, -0.05) is 29.8 Å². The molecule has 0 saturated carbocycles. The molecule has 1 N–H and O–H groups in total. The summed E-state index contributed by atoms with van der Waals surface area (Å²) < 4.78 is 4.09. The van der Waals surface area contributed by atoms with Crippen molar-refractivity contribution < 1.29 is 0 Å². The second kappa shape index (κ2) is 7.64. The van der Waals surface area contributed by atoms with Crippen LogP contribution in [0.3, 0.4) is 0 Å². The van der Waals surface area contributed by atoms with Crippen molar-refractivity contribution in [2.75, 3.05) is 6.54 Å².